The lowest BCUT2D eigenvalue weighted by atomic mass is 9.95. The first-order valence-corrected chi connectivity index (χ1v) is 14.8. The van der Waals surface area contributed by atoms with Crippen LogP contribution in [0.25, 0.3) is 11.3 Å². The van der Waals surface area contributed by atoms with E-state index < -0.39 is 18.0 Å². The highest BCUT2D eigenvalue weighted by Gasteiger charge is 2.43. The fourth-order valence-corrected chi connectivity index (χ4v) is 6.83. The molecule has 8 nitrogen and oxygen atoms in total. The number of piperazine rings is 1. The number of carbonyl (C=O) groups is 1. The largest absolute Gasteiger partial charge is 0.384 e. The van der Waals surface area contributed by atoms with E-state index in [4.69, 9.17) is 14.7 Å². The summed E-state index contributed by atoms with van der Waals surface area (Å²) in [6, 6.07) is 12.1. The van der Waals surface area contributed by atoms with Crippen molar-refractivity contribution < 1.29 is 18.3 Å². The molecule has 1 amide bonds. The maximum Gasteiger partial charge on any atom is 0.246 e. The number of hydrogen-bond donors (Lipinski definition) is 1. The van der Waals surface area contributed by atoms with E-state index in [1.807, 2.05) is 37.8 Å². The third-order valence-corrected chi connectivity index (χ3v) is 8.94. The highest BCUT2D eigenvalue weighted by atomic mass is 19.1. The molecule has 1 saturated heterocycles. The fourth-order valence-electron chi connectivity index (χ4n) is 6.83. The summed E-state index contributed by atoms with van der Waals surface area (Å²) >= 11 is 0. The number of para-hydroxylation sites is 1. The first-order valence-electron chi connectivity index (χ1n) is 14.8. The number of aliphatic imine (C=N–C) groups is 1. The van der Waals surface area contributed by atoms with Crippen LogP contribution in [0.4, 0.5) is 26.0 Å². The lowest BCUT2D eigenvalue weighted by molar-refractivity contribution is -0.130. The number of anilines is 3. The molecular formula is C33H34F2N6O2. The smallest absolute Gasteiger partial charge is 0.246 e. The number of pyridine rings is 1. The van der Waals surface area contributed by atoms with Gasteiger partial charge in [0.1, 0.15) is 23.2 Å². The van der Waals surface area contributed by atoms with E-state index in [1.54, 1.807) is 17.0 Å². The van der Waals surface area contributed by atoms with Crippen LogP contribution in [0.5, 0.6) is 0 Å². The second-order valence-corrected chi connectivity index (χ2v) is 11.7. The average Bonchev–Trinajstić information content (AvgIpc) is 2.99. The van der Waals surface area contributed by atoms with E-state index in [1.165, 1.54) is 18.2 Å². The fraction of sp³-hybridized carbons (Fsp3) is 0.364. The van der Waals surface area contributed by atoms with Gasteiger partial charge in [-0.1, -0.05) is 30.8 Å². The molecule has 4 aliphatic rings. The number of benzene rings is 2. The van der Waals surface area contributed by atoms with Gasteiger partial charge in [-0.3, -0.25) is 9.69 Å². The molecule has 3 aromatic rings. The number of aryl methyl sites for hydroxylation is 1. The Bertz CT molecular complexity index is 1680. The Morgan fingerprint density at radius 1 is 1.09 bits per heavy atom. The number of carbonyl (C=O) groups excluding carboxylic acids is 1. The van der Waals surface area contributed by atoms with E-state index in [9.17, 15) is 4.79 Å². The SMILES string of the molecule is C=CC(=O)N1C[C@H](C)N(C2=NC3OC(C)c4cccc5c4N3c3nc(c(F)cc32)-c2c(F)cccc2NCCC5)C[C@H]1C. The summed E-state index contributed by atoms with van der Waals surface area (Å²) in [5.41, 5.74) is 4.11. The summed E-state index contributed by atoms with van der Waals surface area (Å²) in [5, 5.41) is 3.32. The average molecular weight is 585 g/mol. The zero-order chi connectivity index (χ0) is 30.0. The lowest BCUT2D eigenvalue weighted by Crippen LogP contribution is -2.60. The van der Waals surface area contributed by atoms with Gasteiger partial charge in [0.05, 0.1) is 22.9 Å². The number of nitrogens with one attached hydrogen (secondary N) is 1. The zero-order valence-corrected chi connectivity index (χ0v) is 24.5. The molecule has 1 N–H and O–H groups in total. The van der Waals surface area contributed by atoms with E-state index in [-0.39, 0.29) is 35.4 Å². The van der Waals surface area contributed by atoms with Crippen LogP contribution in [0.1, 0.15) is 50.0 Å². The van der Waals surface area contributed by atoms with Crippen LogP contribution in [0.3, 0.4) is 0 Å². The molecule has 7 rings (SSSR count). The number of amides is 1. The van der Waals surface area contributed by atoms with Gasteiger partial charge in [0, 0.05) is 43.0 Å². The Kier molecular flexibility index (Phi) is 6.69. The number of ether oxygens (including phenoxy) is 1. The van der Waals surface area contributed by atoms with Crippen molar-refractivity contribution in [2.45, 2.75) is 58.2 Å². The van der Waals surface area contributed by atoms with Crippen LogP contribution in [0.2, 0.25) is 0 Å². The molecule has 2 bridgehead atoms. The lowest BCUT2D eigenvalue weighted by Gasteiger charge is -2.48. The molecule has 2 aromatic carbocycles. The van der Waals surface area contributed by atoms with Gasteiger partial charge in [-0.25, -0.2) is 18.8 Å². The topological polar surface area (TPSA) is 73.3 Å². The van der Waals surface area contributed by atoms with E-state index in [0.29, 0.717) is 42.5 Å². The molecule has 43 heavy (non-hydrogen) atoms. The van der Waals surface area contributed by atoms with Crippen molar-refractivity contribution in [1.29, 1.82) is 0 Å². The number of hydrogen-bond acceptors (Lipinski definition) is 7. The van der Waals surface area contributed by atoms with Gasteiger partial charge in [0.25, 0.3) is 0 Å². The number of rotatable bonds is 1. The first-order chi connectivity index (χ1) is 20.8. The van der Waals surface area contributed by atoms with Crippen LogP contribution in [0, 0.1) is 11.6 Å². The van der Waals surface area contributed by atoms with Crippen LogP contribution in [-0.2, 0) is 16.0 Å². The third-order valence-electron chi connectivity index (χ3n) is 8.94. The Morgan fingerprint density at radius 2 is 1.91 bits per heavy atom. The van der Waals surface area contributed by atoms with Crippen LogP contribution < -0.4 is 10.2 Å². The Morgan fingerprint density at radius 3 is 2.72 bits per heavy atom. The van der Waals surface area contributed by atoms with Crippen molar-refractivity contribution in [3.05, 3.63) is 83.4 Å². The van der Waals surface area contributed by atoms with Gasteiger partial charge < -0.3 is 19.9 Å². The van der Waals surface area contributed by atoms with Crippen LogP contribution >= 0.6 is 0 Å². The molecule has 5 heterocycles. The molecule has 0 spiro atoms. The van der Waals surface area contributed by atoms with Crippen molar-refractivity contribution in [3.63, 3.8) is 0 Å². The summed E-state index contributed by atoms with van der Waals surface area (Å²) in [6.07, 6.45) is 1.88. The summed E-state index contributed by atoms with van der Waals surface area (Å²) in [5.74, 6) is -0.309. The molecule has 10 heteroatoms. The van der Waals surface area contributed by atoms with Crippen molar-refractivity contribution in [2.24, 2.45) is 4.99 Å². The quantitative estimate of drug-likeness (QED) is 0.367. The summed E-state index contributed by atoms with van der Waals surface area (Å²) in [6.45, 7) is 11.2. The molecule has 4 atom stereocenters. The normalized spacial score (nSPS) is 24.2. The minimum absolute atomic E-state index is 0.0691. The molecule has 0 radical (unpaired) electrons. The molecule has 1 aromatic heterocycles. The molecule has 0 saturated carbocycles. The van der Waals surface area contributed by atoms with Gasteiger partial charge in [0.2, 0.25) is 12.3 Å². The van der Waals surface area contributed by atoms with Gasteiger partial charge in [-0.2, -0.15) is 0 Å². The predicted octanol–water partition coefficient (Wildman–Crippen LogP) is 5.77. The maximum absolute atomic E-state index is 16.2. The maximum atomic E-state index is 16.2. The summed E-state index contributed by atoms with van der Waals surface area (Å²) in [7, 11) is 0. The molecule has 1 fully saturated rings. The number of fused-ring (bicyclic) bond motifs is 3. The minimum atomic E-state index is -0.756. The van der Waals surface area contributed by atoms with Crippen molar-refractivity contribution in [3.8, 4) is 11.3 Å². The highest BCUT2D eigenvalue weighted by molar-refractivity contribution is 6.06. The second-order valence-electron chi connectivity index (χ2n) is 11.7. The Hall–Kier alpha value is -4.31. The molecule has 4 aliphatic heterocycles. The summed E-state index contributed by atoms with van der Waals surface area (Å²) < 4.78 is 38.2. The first kappa shape index (κ1) is 27.5. The van der Waals surface area contributed by atoms with Crippen LogP contribution in [0.15, 0.2) is 60.1 Å². The minimum Gasteiger partial charge on any atom is -0.384 e. The zero-order valence-electron chi connectivity index (χ0n) is 24.5. The second kappa shape index (κ2) is 10.4. The van der Waals surface area contributed by atoms with Gasteiger partial charge in [-0.05, 0) is 63.5 Å². The number of halogens is 2. The van der Waals surface area contributed by atoms with Crippen molar-refractivity contribution >= 4 is 28.9 Å². The third kappa shape index (κ3) is 4.38. The standard InChI is InChI=1S/C33H34F2N6O2/c1-5-27(42)39-16-19(3)40(17-18(39)2)31-23-15-25(35)29-28-24(34)12-7-13-26(28)36-14-8-10-21-9-6-11-22-20(4)43-33(38-31)41(30(21)22)32(23)37-29/h5-7,9,11-13,15,18-20,33,36H,1,8,10,14,16-17H2,2-4H3/t18-,19+,20?,33?/m1/s1. The van der Waals surface area contributed by atoms with Crippen molar-refractivity contribution in [1.82, 2.24) is 14.8 Å². The summed E-state index contributed by atoms with van der Waals surface area (Å²) in [4.78, 5) is 28.4. The monoisotopic (exact) mass is 584 g/mol. The molecular weight excluding hydrogens is 550 g/mol. The van der Waals surface area contributed by atoms with Crippen LogP contribution in [-0.4, -0.2) is 64.6 Å². The van der Waals surface area contributed by atoms with E-state index in [2.05, 4.69) is 22.9 Å². The number of nitrogens with zero attached hydrogens (tertiary/aromatic N) is 5. The number of amidine groups is 1. The van der Waals surface area contributed by atoms with Gasteiger partial charge >= 0.3 is 0 Å². The van der Waals surface area contributed by atoms with Crippen molar-refractivity contribution in [2.75, 3.05) is 29.9 Å². The van der Waals surface area contributed by atoms with Gasteiger partial charge in [-0.15, -0.1) is 0 Å². The van der Waals surface area contributed by atoms with E-state index in [0.717, 1.165) is 29.7 Å². The molecule has 2 unspecified atom stereocenters. The Balaban J connectivity index is 1.46. The predicted molar refractivity (Wildman–Crippen MR) is 162 cm³/mol. The Labute approximate surface area is 249 Å². The molecule has 0 aliphatic carbocycles. The van der Waals surface area contributed by atoms with E-state index >= 15 is 8.78 Å². The molecule has 222 valence electrons. The van der Waals surface area contributed by atoms with Gasteiger partial charge in [0.15, 0.2) is 5.82 Å². The number of aromatic nitrogens is 1. The highest BCUT2D eigenvalue weighted by Crippen LogP contribution is 2.48.